The number of allylic oxidation sites excluding steroid dienone is 3. The van der Waals surface area contributed by atoms with Crippen molar-refractivity contribution in [3.05, 3.63) is 95.7 Å². The lowest BCUT2D eigenvalue weighted by molar-refractivity contribution is 0.740. The Bertz CT molecular complexity index is 750. The number of nitrogens with one attached hydrogen (secondary N) is 1. The first-order valence-corrected chi connectivity index (χ1v) is 7.62. The molecule has 1 N–H and O–H groups in total. The van der Waals surface area contributed by atoms with E-state index >= 15 is 0 Å². The molecule has 1 unspecified atom stereocenters. The highest BCUT2D eigenvalue weighted by Crippen LogP contribution is 2.32. The van der Waals surface area contributed by atoms with Crippen LogP contribution in [0.15, 0.2) is 79.0 Å². The van der Waals surface area contributed by atoms with Crippen LogP contribution < -0.4 is 5.32 Å². The second kappa shape index (κ2) is 6.07. The molecule has 0 spiro atoms. The SMILES string of the molecule is C=C(C)c1ccccc1C1C=C(C)C(c2ccccc2)=CN1. The average Bonchev–Trinajstić information content (AvgIpc) is 2.55. The summed E-state index contributed by atoms with van der Waals surface area (Å²) in [5, 5.41) is 3.53. The summed E-state index contributed by atoms with van der Waals surface area (Å²) < 4.78 is 0. The highest BCUT2D eigenvalue weighted by atomic mass is 14.9. The molecule has 1 heterocycles. The van der Waals surface area contributed by atoms with Crippen molar-refractivity contribution in [3.8, 4) is 0 Å². The fourth-order valence-corrected chi connectivity index (χ4v) is 2.94. The van der Waals surface area contributed by atoms with Gasteiger partial charge in [-0.15, -0.1) is 0 Å². The van der Waals surface area contributed by atoms with E-state index in [1.807, 2.05) is 6.07 Å². The van der Waals surface area contributed by atoms with Crippen LogP contribution in [0.2, 0.25) is 0 Å². The zero-order valence-corrected chi connectivity index (χ0v) is 13.1. The van der Waals surface area contributed by atoms with Crippen molar-refractivity contribution in [3.63, 3.8) is 0 Å². The predicted octanol–water partition coefficient (Wildman–Crippen LogP) is 5.35. The largest absolute Gasteiger partial charge is 0.380 e. The van der Waals surface area contributed by atoms with Gasteiger partial charge < -0.3 is 5.32 Å². The van der Waals surface area contributed by atoms with Crippen LogP contribution in [0.3, 0.4) is 0 Å². The molecule has 0 fully saturated rings. The van der Waals surface area contributed by atoms with Crippen molar-refractivity contribution in [2.75, 3.05) is 0 Å². The van der Waals surface area contributed by atoms with Crippen molar-refractivity contribution in [2.45, 2.75) is 19.9 Å². The topological polar surface area (TPSA) is 12.0 Å². The van der Waals surface area contributed by atoms with Gasteiger partial charge in [0.2, 0.25) is 0 Å². The van der Waals surface area contributed by atoms with Gasteiger partial charge in [0, 0.05) is 11.8 Å². The zero-order chi connectivity index (χ0) is 15.5. The Morgan fingerprint density at radius 2 is 1.68 bits per heavy atom. The molecule has 1 aliphatic heterocycles. The van der Waals surface area contributed by atoms with Crippen LogP contribution in [0.5, 0.6) is 0 Å². The van der Waals surface area contributed by atoms with Crippen LogP contribution in [0.1, 0.15) is 36.6 Å². The van der Waals surface area contributed by atoms with E-state index in [-0.39, 0.29) is 6.04 Å². The molecule has 1 heteroatoms. The molecule has 0 radical (unpaired) electrons. The lowest BCUT2D eigenvalue weighted by atomic mass is 9.90. The van der Waals surface area contributed by atoms with Gasteiger partial charge in [0.25, 0.3) is 0 Å². The van der Waals surface area contributed by atoms with Crippen molar-refractivity contribution in [2.24, 2.45) is 0 Å². The van der Waals surface area contributed by atoms with E-state index in [2.05, 4.69) is 86.6 Å². The van der Waals surface area contributed by atoms with E-state index in [0.717, 1.165) is 5.57 Å². The maximum absolute atomic E-state index is 4.10. The first-order chi connectivity index (χ1) is 10.7. The lowest BCUT2D eigenvalue weighted by Gasteiger charge is -2.24. The van der Waals surface area contributed by atoms with Crippen LogP contribution >= 0.6 is 0 Å². The van der Waals surface area contributed by atoms with Gasteiger partial charge in [-0.1, -0.05) is 72.8 Å². The summed E-state index contributed by atoms with van der Waals surface area (Å²) in [6.07, 6.45) is 4.43. The lowest BCUT2D eigenvalue weighted by Crippen LogP contribution is -2.19. The van der Waals surface area contributed by atoms with Crippen LogP contribution in [0.4, 0.5) is 0 Å². The average molecular weight is 287 g/mol. The molecular formula is C21H21N. The molecule has 1 nitrogen and oxygen atoms in total. The Morgan fingerprint density at radius 3 is 2.36 bits per heavy atom. The van der Waals surface area contributed by atoms with Gasteiger partial charge in [-0.25, -0.2) is 0 Å². The molecule has 22 heavy (non-hydrogen) atoms. The predicted molar refractivity (Wildman–Crippen MR) is 95.2 cm³/mol. The molecule has 0 aromatic heterocycles. The Labute approximate surface area is 132 Å². The summed E-state index contributed by atoms with van der Waals surface area (Å²) >= 11 is 0. The van der Waals surface area contributed by atoms with Gasteiger partial charge in [-0.05, 0) is 36.1 Å². The summed E-state index contributed by atoms with van der Waals surface area (Å²) in [6, 6.07) is 19.1. The fourth-order valence-electron chi connectivity index (χ4n) is 2.94. The van der Waals surface area contributed by atoms with Crippen molar-refractivity contribution in [1.82, 2.24) is 5.32 Å². The van der Waals surface area contributed by atoms with Crippen LogP contribution in [0.25, 0.3) is 11.1 Å². The summed E-state index contributed by atoms with van der Waals surface area (Å²) in [4.78, 5) is 0. The van der Waals surface area contributed by atoms with Gasteiger partial charge in [0.15, 0.2) is 0 Å². The Hall–Kier alpha value is -2.54. The third-order valence-corrected chi connectivity index (χ3v) is 4.09. The second-order valence-electron chi connectivity index (χ2n) is 5.79. The molecule has 0 saturated carbocycles. The molecule has 3 rings (SSSR count). The molecule has 110 valence electrons. The van der Waals surface area contributed by atoms with Gasteiger partial charge in [-0.3, -0.25) is 0 Å². The van der Waals surface area contributed by atoms with E-state index in [0.29, 0.717) is 0 Å². The molecule has 0 bridgehead atoms. The number of dihydropyridines is 1. The number of rotatable bonds is 3. The van der Waals surface area contributed by atoms with Gasteiger partial charge in [-0.2, -0.15) is 0 Å². The van der Waals surface area contributed by atoms with Crippen molar-refractivity contribution < 1.29 is 0 Å². The summed E-state index contributed by atoms with van der Waals surface area (Å²) in [5.74, 6) is 0. The van der Waals surface area contributed by atoms with Crippen molar-refractivity contribution in [1.29, 1.82) is 0 Å². The normalized spacial score (nSPS) is 17.3. The van der Waals surface area contributed by atoms with E-state index < -0.39 is 0 Å². The van der Waals surface area contributed by atoms with Gasteiger partial charge in [0.1, 0.15) is 0 Å². The number of hydrogen-bond donors (Lipinski definition) is 1. The number of hydrogen-bond acceptors (Lipinski definition) is 1. The highest BCUT2D eigenvalue weighted by molar-refractivity contribution is 5.79. The standard InChI is InChI=1S/C21H21N/c1-15(2)18-11-7-8-12-19(18)21-13-16(3)20(14-22-21)17-9-5-4-6-10-17/h4-14,21-22H,1H2,2-3H3. The first kappa shape index (κ1) is 14.4. The quantitative estimate of drug-likeness (QED) is 0.802. The number of benzene rings is 2. The third-order valence-electron chi connectivity index (χ3n) is 4.09. The van der Waals surface area contributed by atoms with E-state index in [1.165, 1.54) is 27.8 Å². The Kier molecular flexibility index (Phi) is 3.97. The minimum Gasteiger partial charge on any atom is -0.380 e. The molecule has 1 aliphatic rings. The molecular weight excluding hydrogens is 266 g/mol. The smallest absolute Gasteiger partial charge is 0.0704 e. The minimum absolute atomic E-state index is 0.195. The maximum atomic E-state index is 4.10. The minimum atomic E-state index is 0.195. The van der Waals surface area contributed by atoms with Crippen LogP contribution in [-0.4, -0.2) is 0 Å². The monoisotopic (exact) mass is 287 g/mol. The Morgan fingerprint density at radius 1 is 1.00 bits per heavy atom. The highest BCUT2D eigenvalue weighted by Gasteiger charge is 2.17. The molecule has 1 atom stereocenters. The Balaban J connectivity index is 1.93. The molecule has 2 aromatic carbocycles. The second-order valence-corrected chi connectivity index (χ2v) is 5.79. The molecule has 0 saturated heterocycles. The van der Waals surface area contributed by atoms with Crippen LogP contribution in [-0.2, 0) is 0 Å². The zero-order valence-electron chi connectivity index (χ0n) is 13.1. The summed E-state index contributed by atoms with van der Waals surface area (Å²) in [7, 11) is 0. The molecule has 0 aliphatic carbocycles. The molecule has 0 amide bonds. The summed E-state index contributed by atoms with van der Waals surface area (Å²) in [6.45, 7) is 8.33. The maximum Gasteiger partial charge on any atom is 0.0704 e. The van der Waals surface area contributed by atoms with Gasteiger partial charge >= 0.3 is 0 Å². The first-order valence-electron chi connectivity index (χ1n) is 7.62. The van der Waals surface area contributed by atoms with Crippen molar-refractivity contribution >= 4 is 11.1 Å². The van der Waals surface area contributed by atoms with E-state index in [9.17, 15) is 0 Å². The van der Waals surface area contributed by atoms with Crippen LogP contribution in [0, 0.1) is 0 Å². The van der Waals surface area contributed by atoms with E-state index in [4.69, 9.17) is 0 Å². The van der Waals surface area contributed by atoms with E-state index in [1.54, 1.807) is 0 Å². The van der Waals surface area contributed by atoms with Gasteiger partial charge in [0.05, 0.1) is 6.04 Å². The molecule has 2 aromatic rings. The summed E-state index contributed by atoms with van der Waals surface area (Å²) in [5.41, 5.74) is 7.39. The third kappa shape index (κ3) is 2.75. The fraction of sp³-hybridized carbons (Fsp3) is 0.143.